The molecule has 0 saturated carbocycles. The molecule has 3 rings (SSSR count). The number of carbonyl (C=O) groups excluding carboxylic acids is 1. The van der Waals surface area contributed by atoms with Crippen molar-refractivity contribution in [3.63, 3.8) is 0 Å². The van der Waals surface area contributed by atoms with Gasteiger partial charge in [-0.3, -0.25) is 19.8 Å². The first-order valence-electron chi connectivity index (χ1n) is 7.72. The quantitative estimate of drug-likeness (QED) is 0.613. The predicted octanol–water partition coefficient (Wildman–Crippen LogP) is 3.52. The van der Waals surface area contributed by atoms with E-state index in [0.717, 1.165) is 4.88 Å². The fraction of sp³-hybridized carbons (Fsp3) is 0.353. The standard InChI is InChI=1S/C17H18N2O4S/c1-3-13-15(19(21)22)16(14-5-4-10-24-14)18(17(13)20)11-6-8-12(23-2)9-7-11/h4-10,13,15-16H,3H2,1-2H3/t13-,15-,16+/m0/s1. The SMILES string of the molecule is CC[C@@H]1C(=O)N(c2ccc(OC)cc2)[C@H](c2cccs2)[C@H]1[N+](=O)[O-]. The van der Waals surface area contributed by atoms with Gasteiger partial charge in [-0.25, -0.2) is 0 Å². The topological polar surface area (TPSA) is 72.7 Å². The van der Waals surface area contributed by atoms with Gasteiger partial charge in [-0.1, -0.05) is 13.0 Å². The predicted molar refractivity (Wildman–Crippen MR) is 92.1 cm³/mol. The number of methoxy groups -OCH3 is 1. The number of amides is 1. The monoisotopic (exact) mass is 346 g/mol. The average molecular weight is 346 g/mol. The molecule has 0 bridgehead atoms. The summed E-state index contributed by atoms with van der Waals surface area (Å²) in [6, 6.07) is 9.25. The number of nitro groups is 1. The lowest BCUT2D eigenvalue weighted by Crippen LogP contribution is -2.32. The van der Waals surface area contributed by atoms with Crippen LogP contribution in [-0.2, 0) is 4.79 Å². The van der Waals surface area contributed by atoms with Gasteiger partial charge < -0.3 is 4.74 Å². The van der Waals surface area contributed by atoms with Crippen molar-refractivity contribution in [1.82, 2.24) is 0 Å². The number of anilines is 1. The van der Waals surface area contributed by atoms with Gasteiger partial charge in [-0.2, -0.15) is 0 Å². The van der Waals surface area contributed by atoms with E-state index >= 15 is 0 Å². The molecule has 7 heteroatoms. The lowest BCUT2D eigenvalue weighted by molar-refractivity contribution is -0.530. The third-order valence-electron chi connectivity index (χ3n) is 4.44. The zero-order valence-electron chi connectivity index (χ0n) is 13.4. The highest BCUT2D eigenvalue weighted by Crippen LogP contribution is 2.44. The van der Waals surface area contributed by atoms with Gasteiger partial charge >= 0.3 is 0 Å². The Morgan fingerprint density at radius 2 is 2.00 bits per heavy atom. The highest BCUT2D eigenvalue weighted by atomic mass is 32.1. The highest BCUT2D eigenvalue weighted by molar-refractivity contribution is 7.10. The molecular weight excluding hydrogens is 328 g/mol. The number of nitrogens with zero attached hydrogens (tertiary/aromatic N) is 2. The lowest BCUT2D eigenvalue weighted by atomic mass is 9.95. The molecule has 0 radical (unpaired) electrons. The zero-order valence-corrected chi connectivity index (χ0v) is 14.2. The average Bonchev–Trinajstić information content (AvgIpc) is 3.20. The van der Waals surface area contributed by atoms with E-state index in [4.69, 9.17) is 4.74 Å². The molecule has 0 N–H and O–H groups in total. The van der Waals surface area contributed by atoms with Gasteiger partial charge in [0.05, 0.1) is 7.11 Å². The van der Waals surface area contributed by atoms with Gasteiger partial charge in [0.1, 0.15) is 17.7 Å². The van der Waals surface area contributed by atoms with Crippen molar-refractivity contribution < 1.29 is 14.5 Å². The van der Waals surface area contributed by atoms with Crippen LogP contribution in [0.2, 0.25) is 0 Å². The number of ether oxygens (including phenoxy) is 1. The molecule has 6 nitrogen and oxygen atoms in total. The molecule has 3 atom stereocenters. The van der Waals surface area contributed by atoms with Crippen molar-refractivity contribution in [3.8, 4) is 5.75 Å². The summed E-state index contributed by atoms with van der Waals surface area (Å²) in [6.07, 6.45) is 0.443. The van der Waals surface area contributed by atoms with Gasteiger partial charge in [-0.05, 0) is 42.1 Å². The zero-order chi connectivity index (χ0) is 17.3. The molecule has 1 amide bonds. The first-order valence-corrected chi connectivity index (χ1v) is 8.60. The van der Waals surface area contributed by atoms with Crippen LogP contribution in [0.5, 0.6) is 5.75 Å². The third-order valence-corrected chi connectivity index (χ3v) is 5.38. The van der Waals surface area contributed by atoms with Gasteiger partial charge in [0.25, 0.3) is 0 Å². The van der Waals surface area contributed by atoms with Crippen LogP contribution in [0.15, 0.2) is 41.8 Å². The maximum atomic E-state index is 12.9. The summed E-state index contributed by atoms with van der Waals surface area (Å²) < 4.78 is 5.15. The van der Waals surface area contributed by atoms with E-state index in [9.17, 15) is 14.9 Å². The molecule has 2 heterocycles. The molecule has 1 aromatic heterocycles. The molecule has 1 saturated heterocycles. The molecule has 0 spiro atoms. The highest BCUT2D eigenvalue weighted by Gasteiger charge is 2.55. The number of thiophene rings is 1. The van der Waals surface area contributed by atoms with E-state index in [0.29, 0.717) is 17.9 Å². The summed E-state index contributed by atoms with van der Waals surface area (Å²) in [5.74, 6) is -0.132. The number of hydrogen-bond donors (Lipinski definition) is 0. The Hall–Kier alpha value is -2.41. The molecule has 1 aliphatic heterocycles. The fourth-order valence-corrected chi connectivity index (χ4v) is 4.15. The molecule has 1 aromatic carbocycles. The summed E-state index contributed by atoms with van der Waals surface area (Å²) in [4.78, 5) is 26.7. The van der Waals surface area contributed by atoms with E-state index in [1.165, 1.54) is 11.3 Å². The maximum absolute atomic E-state index is 12.9. The Kier molecular flexibility index (Phi) is 4.53. The van der Waals surface area contributed by atoms with Crippen LogP contribution in [0.25, 0.3) is 0 Å². The van der Waals surface area contributed by atoms with Gasteiger partial charge in [-0.15, -0.1) is 11.3 Å². The molecular formula is C17H18N2O4S. The first kappa shape index (κ1) is 16.4. The van der Waals surface area contributed by atoms with Crippen molar-refractivity contribution in [2.24, 2.45) is 5.92 Å². The van der Waals surface area contributed by atoms with Gasteiger partial charge in [0.15, 0.2) is 0 Å². The summed E-state index contributed by atoms with van der Waals surface area (Å²) in [5.41, 5.74) is 0.655. The lowest BCUT2D eigenvalue weighted by Gasteiger charge is -2.24. The molecule has 0 unspecified atom stereocenters. The number of rotatable bonds is 5. The summed E-state index contributed by atoms with van der Waals surface area (Å²) in [6.45, 7) is 1.82. The van der Waals surface area contributed by atoms with Crippen molar-refractivity contribution >= 4 is 22.9 Å². The second-order valence-corrected chi connectivity index (χ2v) is 6.64. The van der Waals surface area contributed by atoms with Gasteiger partial charge in [0, 0.05) is 15.5 Å². The van der Waals surface area contributed by atoms with Crippen molar-refractivity contribution in [1.29, 1.82) is 0 Å². The minimum absolute atomic E-state index is 0.192. The Bertz CT molecular complexity index is 730. The largest absolute Gasteiger partial charge is 0.497 e. The number of hydrogen-bond acceptors (Lipinski definition) is 5. The number of benzene rings is 1. The van der Waals surface area contributed by atoms with Crippen LogP contribution < -0.4 is 9.64 Å². The molecule has 2 aromatic rings. The Balaban J connectivity index is 2.09. The van der Waals surface area contributed by atoms with Crippen LogP contribution in [-0.4, -0.2) is 24.0 Å². The second kappa shape index (κ2) is 6.60. The molecule has 126 valence electrons. The number of carbonyl (C=O) groups is 1. The summed E-state index contributed by atoms with van der Waals surface area (Å²) in [5, 5.41) is 13.6. The first-order chi connectivity index (χ1) is 11.6. The van der Waals surface area contributed by atoms with Crippen molar-refractivity contribution in [2.45, 2.75) is 25.4 Å². The third kappa shape index (κ3) is 2.65. The second-order valence-electron chi connectivity index (χ2n) is 5.66. The molecule has 0 aliphatic carbocycles. The minimum atomic E-state index is -0.941. The van der Waals surface area contributed by atoms with E-state index in [2.05, 4.69) is 0 Å². The van der Waals surface area contributed by atoms with E-state index in [1.54, 1.807) is 36.3 Å². The Morgan fingerprint density at radius 1 is 1.29 bits per heavy atom. The van der Waals surface area contributed by atoms with Crippen LogP contribution in [0.4, 0.5) is 5.69 Å². The maximum Gasteiger partial charge on any atom is 0.250 e. The molecule has 1 fully saturated rings. The van der Waals surface area contributed by atoms with Crippen LogP contribution in [0.1, 0.15) is 24.3 Å². The van der Waals surface area contributed by atoms with Crippen LogP contribution in [0.3, 0.4) is 0 Å². The van der Waals surface area contributed by atoms with Crippen LogP contribution in [0, 0.1) is 16.0 Å². The molecule has 1 aliphatic rings. The van der Waals surface area contributed by atoms with Gasteiger partial charge in [0.2, 0.25) is 11.9 Å². The smallest absolute Gasteiger partial charge is 0.250 e. The van der Waals surface area contributed by atoms with Crippen LogP contribution >= 0.6 is 11.3 Å². The van der Waals surface area contributed by atoms with Crippen molar-refractivity contribution in [2.75, 3.05) is 12.0 Å². The Labute approximate surface area is 143 Å². The fourth-order valence-electron chi connectivity index (χ4n) is 3.30. The molecule has 24 heavy (non-hydrogen) atoms. The van der Waals surface area contributed by atoms with Crippen molar-refractivity contribution in [3.05, 3.63) is 56.8 Å². The summed E-state index contributed by atoms with van der Waals surface area (Å²) >= 11 is 1.44. The van der Waals surface area contributed by atoms with E-state index in [1.807, 2.05) is 24.4 Å². The normalized spacial score (nSPS) is 23.5. The minimum Gasteiger partial charge on any atom is -0.497 e. The van der Waals surface area contributed by atoms with E-state index in [-0.39, 0.29) is 10.8 Å². The van der Waals surface area contributed by atoms with E-state index < -0.39 is 18.0 Å². The Morgan fingerprint density at radius 3 is 2.50 bits per heavy atom. The summed E-state index contributed by atoms with van der Waals surface area (Å²) in [7, 11) is 1.57.